The molecule has 0 saturated heterocycles. The number of hydrogen-bond acceptors (Lipinski definition) is 7. The van der Waals surface area contributed by atoms with Gasteiger partial charge in [-0.25, -0.2) is 4.68 Å². The molecule has 0 unspecified atom stereocenters. The predicted molar refractivity (Wildman–Crippen MR) is 129 cm³/mol. The van der Waals surface area contributed by atoms with Crippen LogP contribution in [-0.4, -0.2) is 33.6 Å². The summed E-state index contributed by atoms with van der Waals surface area (Å²) in [4.78, 5) is 12.4. The van der Waals surface area contributed by atoms with E-state index in [2.05, 4.69) is 15.5 Å². The van der Waals surface area contributed by atoms with Crippen LogP contribution in [0.1, 0.15) is 5.56 Å². The minimum absolute atomic E-state index is 0.139. The number of carbonyl (C=O) groups is 1. The molecule has 33 heavy (non-hydrogen) atoms. The summed E-state index contributed by atoms with van der Waals surface area (Å²) in [7, 11) is 1.59. The molecule has 0 aliphatic carbocycles. The summed E-state index contributed by atoms with van der Waals surface area (Å²) in [5, 5.41) is 11.5. The van der Waals surface area contributed by atoms with Crippen molar-refractivity contribution in [3.8, 4) is 22.9 Å². The first kappa shape index (κ1) is 22.2. The average Bonchev–Trinajstić information content (AvgIpc) is 3.23. The standard InChI is InChI=1S/C24H23N5O3S/c1-31-21-9-5-8-18(14-21)23-27-28-24(29(23)25)33-16-22(30)26-19-10-12-20(13-11-19)32-15-17-6-3-2-4-7-17/h2-14H,15-16,25H2,1H3,(H,26,30). The van der Waals surface area contributed by atoms with Crippen LogP contribution in [-0.2, 0) is 11.4 Å². The van der Waals surface area contributed by atoms with E-state index in [1.807, 2.05) is 66.7 Å². The van der Waals surface area contributed by atoms with Crippen LogP contribution >= 0.6 is 11.8 Å². The molecule has 0 atom stereocenters. The van der Waals surface area contributed by atoms with Crippen molar-refractivity contribution in [3.05, 3.63) is 84.4 Å². The molecule has 3 aromatic carbocycles. The fourth-order valence-corrected chi connectivity index (χ4v) is 3.69. The zero-order chi connectivity index (χ0) is 23.0. The van der Waals surface area contributed by atoms with Crippen LogP contribution in [0.15, 0.2) is 84.0 Å². The number of methoxy groups -OCH3 is 1. The molecule has 0 bridgehead atoms. The largest absolute Gasteiger partial charge is 0.497 e. The van der Waals surface area contributed by atoms with E-state index in [9.17, 15) is 4.79 Å². The molecule has 8 nitrogen and oxygen atoms in total. The molecule has 0 saturated carbocycles. The summed E-state index contributed by atoms with van der Waals surface area (Å²) in [6, 6.07) is 24.5. The number of thioether (sulfide) groups is 1. The van der Waals surface area contributed by atoms with Gasteiger partial charge in [0.25, 0.3) is 0 Å². The number of nitrogen functional groups attached to an aromatic ring is 1. The van der Waals surface area contributed by atoms with Crippen LogP contribution in [0, 0.1) is 0 Å². The van der Waals surface area contributed by atoms with Crippen LogP contribution in [0.3, 0.4) is 0 Å². The highest BCUT2D eigenvalue weighted by Gasteiger charge is 2.14. The number of anilines is 1. The van der Waals surface area contributed by atoms with Crippen molar-refractivity contribution in [1.29, 1.82) is 0 Å². The zero-order valence-corrected chi connectivity index (χ0v) is 18.8. The Hall–Kier alpha value is -3.98. The van der Waals surface area contributed by atoms with Crippen LogP contribution in [0.4, 0.5) is 5.69 Å². The smallest absolute Gasteiger partial charge is 0.234 e. The predicted octanol–water partition coefficient (Wildman–Crippen LogP) is 3.98. The maximum Gasteiger partial charge on any atom is 0.234 e. The molecule has 1 aromatic heterocycles. The number of aromatic nitrogens is 3. The lowest BCUT2D eigenvalue weighted by molar-refractivity contribution is -0.113. The first-order valence-electron chi connectivity index (χ1n) is 10.2. The molecule has 9 heteroatoms. The van der Waals surface area contributed by atoms with Gasteiger partial charge in [0.05, 0.1) is 12.9 Å². The van der Waals surface area contributed by atoms with Crippen molar-refractivity contribution in [1.82, 2.24) is 14.9 Å². The topological polar surface area (TPSA) is 104 Å². The molecular weight excluding hydrogens is 438 g/mol. The summed E-state index contributed by atoms with van der Waals surface area (Å²) < 4.78 is 12.4. The van der Waals surface area contributed by atoms with Crippen molar-refractivity contribution < 1.29 is 14.3 Å². The van der Waals surface area contributed by atoms with Gasteiger partial charge in [-0.15, -0.1) is 10.2 Å². The highest BCUT2D eigenvalue weighted by molar-refractivity contribution is 7.99. The number of hydrogen-bond donors (Lipinski definition) is 2. The van der Waals surface area contributed by atoms with Crippen LogP contribution in [0.25, 0.3) is 11.4 Å². The lowest BCUT2D eigenvalue weighted by atomic mass is 10.2. The molecule has 3 N–H and O–H groups in total. The SMILES string of the molecule is COc1cccc(-c2nnc(SCC(=O)Nc3ccc(OCc4ccccc4)cc3)n2N)c1. The molecule has 0 aliphatic rings. The summed E-state index contributed by atoms with van der Waals surface area (Å²) in [6.45, 7) is 0.487. The first-order valence-corrected chi connectivity index (χ1v) is 11.2. The number of nitrogens with two attached hydrogens (primary N) is 1. The number of rotatable bonds is 9. The second kappa shape index (κ2) is 10.6. The Morgan fingerprint density at radius 2 is 1.79 bits per heavy atom. The fraction of sp³-hybridized carbons (Fsp3) is 0.125. The Balaban J connectivity index is 1.29. The number of nitrogens with one attached hydrogen (secondary N) is 1. The average molecular weight is 462 g/mol. The Morgan fingerprint density at radius 3 is 2.55 bits per heavy atom. The first-order chi connectivity index (χ1) is 16.1. The Morgan fingerprint density at radius 1 is 1.00 bits per heavy atom. The van der Waals surface area contributed by atoms with Crippen molar-refractivity contribution in [3.63, 3.8) is 0 Å². The van der Waals surface area contributed by atoms with E-state index < -0.39 is 0 Å². The van der Waals surface area contributed by atoms with Gasteiger partial charge in [0.15, 0.2) is 5.82 Å². The van der Waals surface area contributed by atoms with Gasteiger partial charge < -0.3 is 20.6 Å². The molecule has 0 fully saturated rings. The summed E-state index contributed by atoms with van der Waals surface area (Å²) in [6.07, 6.45) is 0. The molecule has 0 radical (unpaired) electrons. The monoisotopic (exact) mass is 461 g/mol. The molecule has 1 amide bonds. The second-order valence-electron chi connectivity index (χ2n) is 7.04. The van der Waals surface area contributed by atoms with Crippen LogP contribution < -0.4 is 20.6 Å². The van der Waals surface area contributed by atoms with Gasteiger partial charge in [-0.05, 0) is 42.0 Å². The third-order valence-corrected chi connectivity index (χ3v) is 5.65. The number of benzene rings is 3. The van der Waals surface area contributed by atoms with Crippen LogP contribution in [0.5, 0.6) is 11.5 Å². The molecule has 168 valence electrons. The number of nitrogens with zero attached hydrogens (tertiary/aromatic N) is 3. The van der Waals surface area contributed by atoms with E-state index in [0.717, 1.165) is 16.9 Å². The van der Waals surface area contributed by atoms with E-state index in [-0.39, 0.29) is 11.7 Å². The highest BCUT2D eigenvalue weighted by atomic mass is 32.2. The molecule has 4 aromatic rings. The maximum absolute atomic E-state index is 12.4. The Labute approximate surface area is 195 Å². The third-order valence-electron chi connectivity index (χ3n) is 4.71. The summed E-state index contributed by atoms with van der Waals surface area (Å²) in [5.41, 5.74) is 2.54. The quantitative estimate of drug-likeness (QED) is 0.287. The minimum atomic E-state index is -0.177. The Bertz CT molecular complexity index is 1210. The van der Waals surface area contributed by atoms with Gasteiger partial charge >= 0.3 is 0 Å². The number of ether oxygens (including phenoxy) is 2. The lowest BCUT2D eigenvalue weighted by Crippen LogP contribution is -2.16. The maximum atomic E-state index is 12.4. The normalized spacial score (nSPS) is 10.6. The van der Waals surface area contributed by atoms with Crippen molar-refractivity contribution in [2.24, 2.45) is 0 Å². The molecule has 1 heterocycles. The van der Waals surface area contributed by atoms with Crippen LogP contribution in [0.2, 0.25) is 0 Å². The number of amides is 1. The van der Waals surface area contributed by atoms with Gasteiger partial charge in [0.2, 0.25) is 11.1 Å². The molecule has 0 aliphatic heterocycles. The van der Waals surface area contributed by atoms with E-state index in [1.165, 1.54) is 16.4 Å². The van der Waals surface area contributed by atoms with E-state index in [0.29, 0.717) is 29.0 Å². The number of carbonyl (C=O) groups excluding carboxylic acids is 1. The highest BCUT2D eigenvalue weighted by Crippen LogP contribution is 2.25. The third kappa shape index (κ3) is 5.83. The van der Waals surface area contributed by atoms with Crippen molar-refractivity contribution in [2.45, 2.75) is 11.8 Å². The second-order valence-corrected chi connectivity index (χ2v) is 7.99. The molecular formula is C24H23N5O3S. The fourth-order valence-electron chi connectivity index (χ4n) is 3.04. The van der Waals surface area contributed by atoms with Gasteiger partial charge in [-0.3, -0.25) is 4.79 Å². The molecule has 4 rings (SSSR count). The van der Waals surface area contributed by atoms with Crippen molar-refractivity contribution >= 4 is 23.4 Å². The summed E-state index contributed by atoms with van der Waals surface area (Å²) >= 11 is 1.21. The van der Waals surface area contributed by atoms with E-state index >= 15 is 0 Å². The Kier molecular flexibility index (Phi) is 7.11. The zero-order valence-electron chi connectivity index (χ0n) is 18.0. The van der Waals surface area contributed by atoms with Gasteiger partial charge in [-0.2, -0.15) is 0 Å². The van der Waals surface area contributed by atoms with Gasteiger partial charge in [-0.1, -0.05) is 54.2 Å². The van der Waals surface area contributed by atoms with E-state index in [1.54, 1.807) is 19.2 Å². The minimum Gasteiger partial charge on any atom is -0.497 e. The van der Waals surface area contributed by atoms with Gasteiger partial charge in [0, 0.05) is 11.3 Å². The molecule has 0 spiro atoms. The van der Waals surface area contributed by atoms with Crippen molar-refractivity contribution in [2.75, 3.05) is 24.0 Å². The van der Waals surface area contributed by atoms with E-state index in [4.69, 9.17) is 15.3 Å². The lowest BCUT2D eigenvalue weighted by Gasteiger charge is -2.08. The summed E-state index contributed by atoms with van der Waals surface area (Å²) in [5.74, 6) is 8.01. The van der Waals surface area contributed by atoms with Gasteiger partial charge in [0.1, 0.15) is 18.1 Å².